The highest BCUT2D eigenvalue weighted by molar-refractivity contribution is 6.12. The Kier molecular flexibility index (Phi) is 4.58. The molecule has 0 atom stereocenters. The monoisotopic (exact) mass is 525 g/mol. The largest absolute Gasteiger partial charge is 0.456 e. The van der Waals surface area contributed by atoms with Gasteiger partial charge in [-0.2, -0.15) is 0 Å². The van der Waals surface area contributed by atoms with E-state index in [2.05, 4.69) is 123 Å². The van der Waals surface area contributed by atoms with Crippen molar-refractivity contribution in [2.75, 3.05) is 0 Å². The third-order valence-corrected chi connectivity index (χ3v) is 8.21. The van der Waals surface area contributed by atoms with Gasteiger partial charge in [0.15, 0.2) is 0 Å². The van der Waals surface area contributed by atoms with Gasteiger partial charge in [0.2, 0.25) is 0 Å². The van der Waals surface area contributed by atoms with Crippen LogP contribution in [0, 0.1) is 0 Å². The smallest absolute Gasteiger partial charge is 0.137 e. The molecule has 0 aliphatic rings. The molecule has 192 valence electrons. The average Bonchev–Trinajstić information content (AvgIpc) is 3.72. The number of nitrogens with zero attached hydrogens (tertiary/aromatic N) is 3. The summed E-state index contributed by atoms with van der Waals surface area (Å²) in [5.74, 6) is 0. The lowest BCUT2D eigenvalue weighted by Crippen LogP contribution is -1.93. The van der Waals surface area contributed by atoms with Crippen LogP contribution in [0.1, 0.15) is 0 Å². The minimum Gasteiger partial charge on any atom is -0.456 e. The molecule has 0 aliphatic heterocycles. The maximum atomic E-state index is 6.34. The maximum Gasteiger partial charge on any atom is 0.137 e. The summed E-state index contributed by atoms with van der Waals surface area (Å²) in [4.78, 5) is 4.64. The maximum absolute atomic E-state index is 6.34. The van der Waals surface area contributed by atoms with Crippen LogP contribution < -0.4 is 0 Å². The van der Waals surface area contributed by atoms with Gasteiger partial charge >= 0.3 is 0 Å². The van der Waals surface area contributed by atoms with Crippen LogP contribution in [-0.4, -0.2) is 14.1 Å². The molecule has 41 heavy (non-hydrogen) atoms. The van der Waals surface area contributed by atoms with E-state index >= 15 is 0 Å². The Bertz CT molecular complexity index is 2420. The molecule has 4 heteroatoms. The van der Waals surface area contributed by atoms with Gasteiger partial charge in [-0.3, -0.25) is 4.57 Å². The van der Waals surface area contributed by atoms with Crippen molar-refractivity contribution in [3.63, 3.8) is 0 Å². The zero-order valence-electron chi connectivity index (χ0n) is 22.0. The molecule has 3 heterocycles. The number of hydrogen-bond donors (Lipinski definition) is 0. The number of furan rings is 1. The lowest BCUT2D eigenvalue weighted by molar-refractivity contribution is 0.669. The highest BCUT2D eigenvalue weighted by atomic mass is 16.3. The van der Waals surface area contributed by atoms with Crippen molar-refractivity contribution in [2.45, 2.75) is 0 Å². The van der Waals surface area contributed by atoms with Crippen molar-refractivity contribution < 1.29 is 4.42 Å². The number of imidazole rings is 1. The Morgan fingerprint density at radius 3 is 2.15 bits per heavy atom. The van der Waals surface area contributed by atoms with E-state index in [-0.39, 0.29) is 0 Å². The predicted octanol–water partition coefficient (Wildman–Crippen LogP) is 9.69. The molecule has 0 N–H and O–H groups in total. The molecule has 0 radical (unpaired) electrons. The minimum absolute atomic E-state index is 0.869. The summed E-state index contributed by atoms with van der Waals surface area (Å²) >= 11 is 0. The molecule has 0 fully saturated rings. The summed E-state index contributed by atoms with van der Waals surface area (Å²) in [6.07, 6.45) is 1.90. The highest BCUT2D eigenvalue weighted by Gasteiger charge is 2.17. The van der Waals surface area contributed by atoms with E-state index < -0.39 is 0 Å². The van der Waals surface area contributed by atoms with Gasteiger partial charge in [-0.25, -0.2) is 4.98 Å². The van der Waals surface area contributed by atoms with Crippen LogP contribution in [0.2, 0.25) is 0 Å². The molecule has 9 rings (SSSR count). The lowest BCUT2D eigenvalue weighted by atomic mass is 10.00. The third kappa shape index (κ3) is 3.25. The molecule has 0 saturated carbocycles. The predicted molar refractivity (Wildman–Crippen MR) is 168 cm³/mol. The summed E-state index contributed by atoms with van der Waals surface area (Å²) in [6, 6.07) is 47.0. The van der Waals surface area contributed by atoms with Gasteiger partial charge in [-0.1, -0.05) is 66.7 Å². The topological polar surface area (TPSA) is 35.9 Å². The molecule has 0 spiro atoms. The quantitative estimate of drug-likeness (QED) is 0.230. The molecule has 9 aromatic rings. The zero-order valence-corrected chi connectivity index (χ0v) is 22.0. The van der Waals surface area contributed by atoms with Crippen LogP contribution in [-0.2, 0) is 0 Å². The number of para-hydroxylation sites is 4. The first-order chi connectivity index (χ1) is 20.3. The fraction of sp³-hybridized carbons (Fsp3) is 0. The van der Waals surface area contributed by atoms with E-state index in [0.717, 1.165) is 49.9 Å². The van der Waals surface area contributed by atoms with Crippen LogP contribution in [0.15, 0.2) is 144 Å². The molecule has 3 aromatic heterocycles. The van der Waals surface area contributed by atoms with Crippen molar-refractivity contribution >= 4 is 54.8 Å². The Labute approximate surface area is 235 Å². The van der Waals surface area contributed by atoms with Crippen LogP contribution in [0.5, 0.6) is 0 Å². The van der Waals surface area contributed by atoms with Gasteiger partial charge in [0.05, 0.1) is 33.1 Å². The summed E-state index contributed by atoms with van der Waals surface area (Å²) in [5.41, 5.74) is 10.8. The van der Waals surface area contributed by atoms with E-state index in [4.69, 9.17) is 4.42 Å². The average molecular weight is 526 g/mol. The number of rotatable bonds is 3. The first kappa shape index (κ1) is 22.2. The van der Waals surface area contributed by atoms with Crippen molar-refractivity contribution in [3.8, 4) is 22.5 Å². The van der Waals surface area contributed by atoms with Crippen molar-refractivity contribution in [2.24, 2.45) is 0 Å². The zero-order chi connectivity index (χ0) is 26.9. The molecule has 6 aromatic carbocycles. The number of hydrogen-bond acceptors (Lipinski definition) is 2. The second kappa shape index (κ2) is 8.44. The standard InChI is InChI=1S/C37H23N3O/c1-2-9-26(10-3-1)40-31-13-6-4-11-27(31)28-21-24(17-19-32(28)40)25-18-20-35-29(22-25)37-34(15-8-16-36(37)41-35)39-23-38-30-12-5-7-14-33(30)39/h1-23H. The molecule has 0 aliphatic carbocycles. The van der Waals surface area contributed by atoms with E-state index in [1.165, 1.54) is 27.4 Å². The van der Waals surface area contributed by atoms with Crippen LogP contribution in [0.4, 0.5) is 0 Å². The van der Waals surface area contributed by atoms with Crippen LogP contribution in [0.3, 0.4) is 0 Å². The normalized spacial score (nSPS) is 11.9. The molecule has 0 bridgehead atoms. The van der Waals surface area contributed by atoms with Gasteiger partial charge < -0.3 is 8.98 Å². The van der Waals surface area contributed by atoms with E-state index in [1.807, 2.05) is 30.6 Å². The van der Waals surface area contributed by atoms with Crippen LogP contribution >= 0.6 is 0 Å². The van der Waals surface area contributed by atoms with Gasteiger partial charge in [0.1, 0.15) is 17.5 Å². The number of aromatic nitrogens is 3. The summed E-state index contributed by atoms with van der Waals surface area (Å²) in [6.45, 7) is 0. The van der Waals surface area contributed by atoms with Gasteiger partial charge in [-0.05, 0) is 77.9 Å². The van der Waals surface area contributed by atoms with Crippen molar-refractivity contribution in [3.05, 3.63) is 140 Å². The molecule has 4 nitrogen and oxygen atoms in total. The first-order valence-corrected chi connectivity index (χ1v) is 13.8. The van der Waals surface area contributed by atoms with E-state index in [1.54, 1.807) is 0 Å². The second-order valence-corrected chi connectivity index (χ2v) is 10.5. The van der Waals surface area contributed by atoms with Crippen molar-refractivity contribution in [1.29, 1.82) is 0 Å². The molecular weight excluding hydrogens is 502 g/mol. The Hall–Kier alpha value is -5.61. The fourth-order valence-corrected chi connectivity index (χ4v) is 6.35. The third-order valence-electron chi connectivity index (χ3n) is 8.21. The van der Waals surface area contributed by atoms with Crippen molar-refractivity contribution in [1.82, 2.24) is 14.1 Å². The van der Waals surface area contributed by atoms with Gasteiger partial charge in [0.25, 0.3) is 0 Å². The van der Waals surface area contributed by atoms with Gasteiger partial charge in [0, 0.05) is 21.8 Å². The van der Waals surface area contributed by atoms with E-state index in [9.17, 15) is 0 Å². The fourth-order valence-electron chi connectivity index (χ4n) is 6.35. The number of fused-ring (bicyclic) bond motifs is 7. The lowest BCUT2D eigenvalue weighted by Gasteiger charge is -2.08. The van der Waals surface area contributed by atoms with E-state index in [0.29, 0.717) is 0 Å². The molecule has 0 saturated heterocycles. The summed E-state index contributed by atoms with van der Waals surface area (Å²) < 4.78 is 10.8. The van der Waals surface area contributed by atoms with Crippen LogP contribution in [0.25, 0.3) is 77.3 Å². The summed E-state index contributed by atoms with van der Waals surface area (Å²) in [5, 5.41) is 4.67. The first-order valence-electron chi connectivity index (χ1n) is 13.8. The minimum atomic E-state index is 0.869. The second-order valence-electron chi connectivity index (χ2n) is 10.5. The molecule has 0 amide bonds. The Balaban J connectivity index is 1.27. The SMILES string of the molecule is c1ccc(-n2c3ccccc3c3cc(-c4ccc5oc6cccc(-n7cnc8ccccc87)c6c5c4)ccc32)cc1. The summed E-state index contributed by atoms with van der Waals surface area (Å²) in [7, 11) is 0. The Morgan fingerprint density at radius 1 is 0.512 bits per heavy atom. The Morgan fingerprint density at radius 2 is 1.24 bits per heavy atom. The van der Waals surface area contributed by atoms with Gasteiger partial charge in [-0.15, -0.1) is 0 Å². The number of benzene rings is 6. The molecular formula is C37H23N3O. The highest BCUT2D eigenvalue weighted by Crippen LogP contribution is 2.39. The molecule has 0 unspecified atom stereocenters.